The Hall–Kier alpha value is -7.07. The molecule has 0 N–H and O–H groups in total. The van der Waals surface area contributed by atoms with Crippen molar-refractivity contribution in [3.63, 3.8) is 0 Å². The molecule has 0 bridgehead atoms. The van der Waals surface area contributed by atoms with Gasteiger partial charge >= 0.3 is 49.4 Å². The van der Waals surface area contributed by atoms with E-state index in [0.29, 0.717) is 5.56 Å². The van der Waals surface area contributed by atoms with E-state index in [-0.39, 0.29) is 12.3 Å². The first-order valence-electron chi connectivity index (χ1n) is 21.5. The molecular formula is C50H26BBrF24N2O. The van der Waals surface area contributed by atoms with E-state index >= 15 is 0 Å². The Bertz CT molecular complexity index is 2900. The Morgan fingerprint density at radius 2 is 0.684 bits per heavy atom. The highest BCUT2D eigenvalue weighted by atomic mass is 79.9. The molecule has 0 atom stereocenters. The van der Waals surface area contributed by atoms with E-state index in [2.05, 4.69) is 20.9 Å². The standard InChI is InChI=1S/C32H12BF24.C18H14BrN2O/c34-25(35,36)13-1-14(26(37,38)39)6-21(5-13)33(22-7-15(27(40,41)42)2-16(8-22)28(43,44)45,23-9-17(29(46,47)48)3-18(10-23)30(49,50)51)24-11-19(31(52,53)54)4-20(12-24)32(55,56)57;19-16-8-6-14(7-9-16)17-12-20-10-11-21(17)13-18(22)15-4-2-1-3-5-15/h1-12H;1-12H,13H2/q-1;+1. The van der Waals surface area contributed by atoms with Gasteiger partial charge in [0.15, 0.2) is 6.20 Å². The van der Waals surface area contributed by atoms with E-state index in [0.717, 1.165) is 15.7 Å². The summed E-state index contributed by atoms with van der Waals surface area (Å²) in [4.78, 5) is 16.6. The average molecular weight is 1220 g/mol. The van der Waals surface area contributed by atoms with Crippen LogP contribution in [0.25, 0.3) is 11.3 Å². The number of rotatable bonds is 8. The number of benzene rings is 6. The maximum Gasteiger partial charge on any atom is 0.416 e. The normalized spacial score (nSPS) is 13.2. The molecule has 7 rings (SSSR count). The summed E-state index contributed by atoms with van der Waals surface area (Å²) in [6, 6.07) is 8.48. The zero-order chi connectivity index (χ0) is 59.3. The van der Waals surface area contributed by atoms with Gasteiger partial charge in [0.1, 0.15) is 6.15 Å². The number of nitrogens with zero attached hydrogens (tertiary/aromatic N) is 2. The van der Waals surface area contributed by atoms with Crippen LogP contribution in [0.15, 0.2) is 150 Å². The van der Waals surface area contributed by atoms with Crippen molar-refractivity contribution in [2.75, 3.05) is 0 Å². The van der Waals surface area contributed by atoms with Crippen molar-refractivity contribution in [2.45, 2.75) is 56.0 Å². The number of carbonyl (C=O) groups is 1. The van der Waals surface area contributed by atoms with E-state index in [1.165, 1.54) is 0 Å². The summed E-state index contributed by atoms with van der Waals surface area (Å²) in [5.41, 5.74) is -27.5. The Kier molecular flexibility index (Phi) is 16.7. The van der Waals surface area contributed by atoms with Gasteiger partial charge in [0.05, 0.1) is 56.9 Å². The van der Waals surface area contributed by atoms with E-state index in [9.17, 15) is 110 Å². The molecule has 7 aromatic rings. The van der Waals surface area contributed by atoms with E-state index in [1.807, 2.05) is 65.4 Å². The van der Waals surface area contributed by atoms with Crippen LogP contribution in [0.3, 0.4) is 0 Å². The maximum atomic E-state index is 14.2. The highest BCUT2D eigenvalue weighted by molar-refractivity contribution is 9.10. The van der Waals surface area contributed by atoms with Gasteiger partial charge in [0, 0.05) is 15.6 Å². The minimum atomic E-state index is -6.13. The molecule has 29 heteroatoms. The molecule has 0 spiro atoms. The Morgan fingerprint density at radius 3 is 0.949 bits per heavy atom. The molecule has 0 unspecified atom stereocenters. The van der Waals surface area contributed by atoms with E-state index < -0.39 is 195 Å². The van der Waals surface area contributed by atoms with Crippen LogP contribution in [-0.2, 0) is 56.0 Å². The maximum absolute atomic E-state index is 14.2. The van der Waals surface area contributed by atoms with Crippen LogP contribution in [0, 0.1) is 0 Å². The van der Waals surface area contributed by atoms with Crippen LogP contribution in [0.4, 0.5) is 105 Å². The monoisotopic (exact) mass is 1220 g/mol. The summed E-state index contributed by atoms with van der Waals surface area (Å²) < 4.78 is 344. The average Bonchev–Trinajstić information content (AvgIpc) is 3.40. The van der Waals surface area contributed by atoms with Crippen LogP contribution in [0.1, 0.15) is 54.9 Å². The zero-order valence-corrected chi connectivity index (χ0v) is 40.0. The molecule has 0 aliphatic heterocycles. The summed E-state index contributed by atoms with van der Waals surface area (Å²) in [7, 11) is 0. The van der Waals surface area contributed by atoms with Gasteiger partial charge in [-0.15, -0.1) is 0 Å². The highest BCUT2D eigenvalue weighted by Crippen LogP contribution is 2.41. The lowest BCUT2D eigenvalue weighted by molar-refractivity contribution is -0.672. The number of alkyl halides is 24. The molecule has 1 aromatic heterocycles. The number of hydrogen-bond acceptors (Lipinski definition) is 2. The number of ketones is 1. The third-order valence-electron chi connectivity index (χ3n) is 11.8. The SMILES string of the molecule is FC(F)(F)c1cc([B-](c2cc(C(F)(F)F)cc(C(F)(F)F)c2)(c2cc(C(F)(F)F)cc(C(F)(F)F)c2)c2cc(C(F)(F)F)cc(C(F)(F)F)c2)cc(C(F)(F)F)c1.O=C(C[n+]1ccncc1-c1ccc(Br)cc1)c1ccccc1. The molecule has 0 amide bonds. The first-order chi connectivity index (χ1) is 36.0. The van der Waals surface area contributed by atoms with Gasteiger partial charge in [-0.1, -0.05) is 94.8 Å². The van der Waals surface area contributed by atoms with Crippen molar-refractivity contribution in [3.8, 4) is 11.3 Å². The third kappa shape index (κ3) is 14.2. The molecule has 0 aliphatic carbocycles. The summed E-state index contributed by atoms with van der Waals surface area (Å²) in [6.07, 6.45) is -49.5. The number of halogens is 25. The predicted molar refractivity (Wildman–Crippen MR) is 238 cm³/mol. The Balaban J connectivity index is 0.000000378. The number of carbonyl (C=O) groups excluding carboxylic acids is 1. The minimum Gasteiger partial charge on any atom is -0.287 e. The van der Waals surface area contributed by atoms with Crippen LogP contribution >= 0.6 is 15.9 Å². The van der Waals surface area contributed by atoms with Crippen molar-refractivity contribution in [1.29, 1.82) is 0 Å². The fourth-order valence-corrected chi connectivity index (χ4v) is 8.59. The molecule has 0 saturated carbocycles. The van der Waals surface area contributed by atoms with Crippen molar-refractivity contribution >= 4 is 49.7 Å². The zero-order valence-electron chi connectivity index (χ0n) is 38.4. The van der Waals surface area contributed by atoms with Crippen molar-refractivity contribution < 1.29 is 115 Å². The first kappa shape index (κ1) is 61.2. The van der Waals surface area contributed by atoms with Crippen molar-refractivity contribution in [1.82, 2.24) is 4.98 Å². The first-order valence-corrected chi connectivity index (χ1v) is 22.3. The van der Waals surface area contributed by atoms with Gasteiger partial charge < -0.3 is 0 Å². The number of hydrogen-bond donors (Lipinski definition) is 0. The Labute approximate surface area is 436 Å². The highest BCUT2D eigenvalue weighted by Gasteiger charge is 2.47. The summed E-state index contributed by atoms with van der Waals surface area (Å²) in [5.74, 6) is 0.0789. The summed E-state index contributed by atoms with van der Waals surface area (Å²) >= 11 is 3.43. The van der Waals surface area contributed by atoms with E-state index in [1.54, 1.807) is 12.4 Å². The van der Waals surface area contributed by atoms with Gasteiger partial charge in [-0.3, -0.25) is 9.78 Å². The number of aromatic nitrogens is 2. The van der Waals surface area contributed by atoms with Gasteiger partial charge in [-0.2, -0.15) is 132 Å². The largest absolute Gasteiger partial charge is 0.416 e. The topological polar surface area (TPSA) is 33.8 Å². The fraction of sp³-hybridized carbons (Fsp3) is 0.180. The molecular weight excluding hydrogens is 1190 g/mol. The molecule has 0 fully saturated rings. The fourth-order valence-electron chi connectivity index (χ4n) is 8.33. The molecule has 420 valence electrons. The van der Waals surface area contributed by atoms with Crippen LogP contribution in [0.2, 0.25) is 0 Å². The van der Waals surface area contributed by atoms with Crippen molar-refractivity contribution in [2.24, 2.45) is 0 Å². The summed E-state index contributed by atoms with van der Waals surface area (Å²) in [5, 5.41) is 0. The van der Waals surface area contributed by atoms with Crippen LogP contribution < -0.4 is 26.4 Å². The van der Waals surface area contributed by atoms with E-state index in [4.69, 9.17) is 0 Å². The third-order valence-corrected chi connectivity index (χ3v) is 12.4. The van der Waals surface area contributed by atoms with Crippen LogP contribution in [0.5, 0.6) is 0 Å². The molecule has 6 aromatic carbocycles. The number of Topliss-reactive ketones (excluding diaryl/α,β-unsaturated/α-hetero) is 1. The molecule has 1 heterocycles. The second-order valence-corrected chi connectivity index (χ2v) is 18.0. The Morgan fingerprint density at radius 1 is 0.405 bits per heavy atom. The molecule has 0 aliphatic rings. The van der Waals surface area contributed by atoms with Gasteiger partial charge in [0.25, 0.3) is 0 Å². The summed E-state index contributed by atoms with van der Waals surface area (Å²) in [6.45, 7) is 0.290. The smallest absolute Gasteiger partial charge is 0.287 e. The second kappa shape index (κ2) is 21.5. The second-order valence-electron chi connectivity index (χ2n) is 17.1. The molecule has 3 nitrogen and oxygen atoms in total. The van der Waals surface area contributed by atoms with Gasteiger partial charge in [-0.25, -0.2) is 0 Å². The van der Waals surface area contributed by atoms with Gasteiger partial charge in [-0.05, 0) is 48.5 Å². The van der Waals surface area contributed by atoms with Crippen LogP contribution in [-0.4, -0.2) is 16.9 Å². The van der Waals surface area contributed by atoms with Crippen molar-refractivity contribution in [3.05, 3.63) is 201 Å². The molecule has 79 heavy (non-hydrogen) atoms. The predicted octanol–water partition coefficient (Wildman–Crippen LogP) is 14.9. The minimum absolute atomic E-state index is 0.0789. The lowest BCUT2D eigenvalue weighted by Crippen LogP contribution is -2.75. The molecule has 0 radical (unpaired) electrons. The van der Waals surface area contributed by atoms with Gasteiger partial charge in [0.2, 0.25) is 18.0 Å². The molecule has 0 saturated heterocycles. The lowest BCUT2D eigenvalue weighted by Gasteiger charge is -2.46. The lowest BCUT2D eigenvalue weighted by atomic mass is 9.12. The quantitative estimate of drug-likeness (QED) is 0.0658.